The van der Waals surface area contributed by atoms with Gasteiger partial charge in [0.2, 0.25) is 0 Å². The predicted molar refractivity (Wildman–Crippen MR) is 107 cm³/mol. The van der Waals surface area contributed by atoms with Gasteiger partial charge in [0.25, 0.3) is 5.91 Å². The third kappa shape index (κ3) is 4.42. The first-order valence-electron chi connectivity index (χ1n) is 8.15. The second-order valence-corrected chi connectivity index (χ2v) is 7.65. The minimum absolute atomic E-state index is 0.0841. The smallest absolute Gasteiger partial charge is 0.264 e. The molecule has 0 spiro atoms. The highest BCUT2D eigenvalue weighted by atomic mass is 35.5. The van der Waals surface area contributed by atoms with Gasteiger partial charge in [-0.05, 0) is 62.2 Å². The van der Waals surface area contributed by atoms with Crippen LogP contribution in [0.4, 0.5) is 5.13 Å². The van der Waals surface area contributed by atoms with Gasteiger partial charge in [-0.3, -0.25) is 10.1 Å². The van der Waals surface area contributed by atoms with Gasteiger partial charge in [-0.15, -0.1) is 11.3 Å². The Kier molecular flexibility index (Phi) is 5.59. The molecule has 0 bridgehead atoms. The molecule has 134 valence electrons. The molecule has 0 saturated heterocycles. The zero-order valence-corrected chi connectivity index (χ0v) is 16.4. The molecular weight excluding hydrogens is 368 g/mol. The minimum Gasteiger partial charge on any atom is -0.484 e. The van der Waals surface area contributed by atoms with Crippen LogP contribution in [0, 0.1) is 20.8 Å². The van der Waals surface area contributed by atoms with Gasteiger partial charge in [0, 0.05) is 15.5 Å². The van der Waals surface area contributed by atoms with E-state index >= 15 is 0 Å². The quantitative estimate of drug-likeness (QED) is 0.638. The number of hydrogen-bond acceptors (Lipinski definition) is 4. The molecule has 0 radical (unpaired) electrons. The lowest BCUT2D eigenvalue weighted by Crippen LogP contribution is -2.20. The lowest BCUT2D eigenvalue weighted by molar-refractivity contribution is -0.118. The van der Waals surface area contributed by atoms with Crippen LogP contribution in [-0.2, 0) is 4.79 Å². The fourth-order valence-corrected chi connectivity index (χ4v) is 3.42. The number of halogens is 1. The van der Waals surface area contributed by atoms with Crippen molar-refractivity contribution in [2.24, 2.45) is 0 Å². The number of thiazole rings is 1. The van der Waals surface area contributed by atoms with Gasteiger partial charge in [0.15, 0.2) is 11.7 Å². The SMILES string of the molecule is Cc1ccc(-c2nc(NC(=O)COc3ccc(Cl)cc3)sc2C)cc1C. The average molecular weight is 387 g/mol. The van der Waals surface area contributed by atoms with Crippen LogP contribution in [0.5, 0.6) is 5.75 Å². The van der Waals surface area contributed by atoms with Crippen molar-refractivity contribution in [2.75, 3.05) is 11.9 Å². The predicted octanol–water partition coefficient (Wildman–Crippen LogP) is 5.41. The van der Waals surface area contributed by atoms with E-state index in [4.69, 9.17) is 16.3 Å². The van der Waals surface area contributed by atoms with E-state index in [0.29, 0.717) is 15.9 Å². The number of benzene rings is 2. The topological polar surface area (TPSA) is 51.2 Å². The summed E-state index contributed by atoms with van der Waals surface area (Å²) in [5.74, 6) is 0.344. The highest BCUT2D eigenvalue weighted by Gasteiger charge is 2.13. The van der Waals surface area contributed by atoms with Crippen molar-refractivity contribution in [3.05, 3.63) is 63.5 Å². The summed E-state index contributed by atoms with van der Waals surface area (Å²) in [5, 5.41) is 3.99. The number of nitrogens with zero attached hydrogens (tertiary/aromatic N) is 1. The largest absolute Gasteiger partial charge is 0.484 e. The molecule has 0 unspecified atom stereocenters. The molecule has 1 aromatic heterocycles. The van der Waals surface area contributed by atoms with Crippen LogP contribution in [0.1, 0.15) is 16.0 Å². The Morgan fingerprint density at radius 3 is 2.54 bits per heavy atom. The van der Waals surface area contributed by atoms with E-state index in [2.05, 4.69) is 42.3 Å². The Labute approximate surface area is 161 Å². The summed E-state index contributed by atoms with van der Waals surface area (Å²) < 4.78 is 5.45. The summed E-state index contributed by atoms with van der Waals surface area (Å²) in [4.78, 5) is 17.7. The normalized spacial score (nSPS) is 10.6. The second-order valence-electron chi connectivity index (χ2n) is 6.01. The molecule has 0 aliphatic rings. The minimum atomic E-state index is -0.250. The van der Waals surface area contributed by atoms with Crippen molar-refractivity contribution in [1.82, 2.24) is 4.98 Å². The standard InChI is InChI=1S/C20H19ClN2O2S/c1-12-4-5-15(10-13(12)2)19-14(3)26-20(23-19)22-18(24)11-25-17-8-6-16(21)7-9-17/h4-10H,11H2,1-3H3,(H,22,23,24). The molecule has 0 aliphatic carbocycles. The highest BCUT2D eigenvalue weighted by molar-refractivity contribution is 7.16. The number of anilines is 1. The van der Waals surface area contributed by atoms with Gasteiger partial charge < -0.3 is 4.74 Å². The highest BCUT2D eigenvalue weighted by Crippen LogP contribution is 2.31. The Hall–Kier alpha value is -2.37. The van der Waals surface area contributed by atoms with Gasteiger partial charge in [-0.1, -0.05) is 23.7 Å². The van der Waals surface area contributed by atoms with Crippen LogP contribution in [-0.4, -0.2) is 17.5 Å². The number of aromatic nitrogens is 1. The average Bonchev–Trinajstić information content (AvgIpc) is 2.97. The Bertz CT molecular complexity index is 935. The summed E-state index contributed by atoms with van der Waals surface area (Å²) in [6.45, 7) is 6.08. The lowest BCUT2D eigenvalue weighted by atomic mass is 10.0. The first-order chi connectivity index (χ1) is 12.4. The molecule has 0 aliphatic heterocycles. The van der Waals surface area contributed by atoms with E-state index in [-0.39, 0.29) is 12.5 Å². The molecule has 3 aromatic rings. The maximum absolute atomic E-state index is 12.1. The number of carbonyl (C=O) groups is 1. The molecule has 1 amide bonds. The Balaban J connectivity index is 1.65. The van der Waals surface area contributed by atoms with Gasteiger partial charge in [0.1, 0.15) is 5.75 Å². The van der Waals surface area contributed by atoms with Gasteiger partial charge in [-0.25, -0.2) is 4.98 Å². The number of hydrogen-bond donors (Lipinski definition) is 1. The Morgan fingerprint density at radius 2 is 1.85 bits per heavy atom. The molecule has 2 aromatic carbocycles. The fourth-order valence-electron chi connectivity index (χ4n) is 2.44. The van der Waals surface area contributed by atoms with Crippen molar-refractivity contribution < 1.29 is 9.53 Å². The molecule has 6 heteroatoms. The summed E-state index contributed by atoms with van der Waals surface area (Å²) in [6, 6.07) is 13.1. The molecule has 3 rings (SSSR count). The molecule has 1 N–H and O–H groups in total. The number of carbonyl (C=O) groups excluding carboxylic acids is 1. The first-order valence-corrected chi connectivity index (χ1v) is 9.35. The molecule has 26 heavy (non-hydrogen) atoms. The number of ether oxygens (including phenoxy) is 1. The van der Waals surface area contributed by atoms with Gasteiger partial charge in [0.05, 0.1) is 5.69 Å². The van der Waals surface area contributed by atoms with Crippen LogP contribution in [0.25, 0.3) is 11.3 Å². The molecular formula is C20H19ClN2O2S. The van der Waals surface area contributed by atoms with E-state index < -0.39 is 0 Å². The van der Waals surface area contributed by atoms with E-state index in [1.807, 2.05) is 6.92 Å². The third-order valence-corrected chi connectivity index (χ3v) is 5.15. The van der Waals surface area contributed by atoms with Crippen molar-refractivity contribution >= 4 is 34.0 Å². The molecule has 0 atom stereocenters. The second kappa shape index (κ2) is 7.89. The molecule has 1 heterocycles. The van der Waals surface area contributed by atoms with Gasteiger partial charge in [-0.2, -0.15) is 0 Å². The maximum atomic E-state index is 12.1. The number of amides is 1. The van der Waals surface area contributed by atoms with Crippen LogP contribution < -0.4 is 10.1 Å². The summed E-state index contributed by atoms with van der Waals surface area (Å²) in [6.07, 6.45) is 0. The van der Waals surface area contributed by atoms with E-state index in [0.717, 1.165) is 16.1 Å². The van der Waals surface area contributed by atoms with Gasteiger partial charge >= 0.3 is 0 Å². The van der Waals surface area contributed by atoms with Crippen molar-refractivity contribution in [1.29, 1.82) is 0 Å². The van der Waals surface area contributed by atoms with E-state index in [9.17, 15) is 4.79 Å². The lowest BCUT2D eigenvalue weighted by Gasteiger charge is -2.05. The number of aryl methyl sites for hydroxylation is 3. The summed E-state index contributed by atoms with van der Waals surface area (Å²) in [5.41, 5.74) is 4.41. The van der Waals surface area contributed by atoms with Crippen LogP contribution in [0.15, 0.2) is 42.5 Å². The van der Waals surface area contributed by atoms with Crippen LogP contribution >= 0.6 is 22.9 Å². The van der Waals surface area contributed by atoms with Crippen LogP contribution in [0.2, 0.25) is 5.02 Å². The van der Waals surface area contributed by atoms with Crippen molar-refractivity contribution in [2.45, 2.75) is 20.8 Å². The van der Waals surface area contributed by atoms with Crippen molar-refractivity contribution in [3.8, 4) is 17.0 Å². The van der Waals surface area contributed by atoms with Crippen LogP contribution in [0.3, 0.4) is 0 Å². The zero-order chi connectivity index (χ0) is 18.7. The molecule has 4 nitrogen and oxygen atoms in total. The maximum Gasteiger partial charge on any atom is 0.264 e. The van der Waals surface area contributed by atoms with E-state index in [1.165, 1.54) is 22.5 Å². The monoisotopic (exact) mass is 386 g/mol. The Morgan fingerprint density at radius 1 is 1.12 bits per heavy atom. The summed E-state index contributed by atoms with van der Waals surface area (Å²) in [7, 11) is 0. The number of nitrogens with one attached hydrogen (secondary N) is 1. The van der Waals surface area contributed by atoms with Crippen molar-refractivity contribution in [3.63, 3.8) is 0 Å². The molecule has 0 saturated carbocycles. The number of rotatable bonds is 5. The first kappa shape index (κ1) is 18.4. The summed E-state index contributed by atoms with van der Waals surface area (Å²) >= 11 is 7.28. The van der Waals surface area contributed by atoms with E-state index in [1.54, 1.807) is 24.3 Å². The zero-order valence-electron chi connectivity index (χ0n) is 14.8. The third-order valence-electron chi connectivity index (χ3n) is 4.01. The molecule has 0 fully saturated rings. The fraction of sp³-hybridized carbons (Fsp3) is 0.200.